The molecule has 0 unspecified atom stereocenters. The molecule has 0 aliphatic rings. The van der Waals surface area contributed by atoms with Gasteiger partial charge in [0.25, 0.3) is 0 Å². The van der Waals surface area contributed by atoms with E-state index in [4.69, 9.17) is 0 Å². The average molecular weight is 221 g/mol. The number of pyridine rings is 1. The first kappa shape index (κ1) is 13.0. The predicted molar refractivity (Wildman–Crippen MR) is 69.6 cm³/mol. The third kappa shape index (κ3) is 4.62. The molecule has 1 heterocycles. The van der Waals surface area contributed by atoms with E-state index in [2.05, 4.69) is 49.4 Å². The third-order valence-electron chi connectivity index (χ3n) is 2.13. The summed E-state index contributed by atoms with van der Waals surface area (Å²) in [5.74, 6) is 0.985. The summed E-state index contributed by atoms with van der Waals surface area (Å²) in [7, 11) is 0. The first-order chi connectivity index (χ1) is 7.53. The lowest BCUT2D eigenvalue weighted by Crippen LogP contribution is -2.28. The van der Waals surface area contributed by atoms with Crippen molar-refractivity contribution in [3.8, 4) is 0 Å². The van der Waals surface area contributed by atoms with E-state index in [-0.39, 0.29) is 5.54 Å². The first-order valence-electron chi connectivity index (χ1n) is 5.95. The van der Waals surface area contributed by atoms with Crippen LogP contribution in [-0.4, -0.2) is 17.1 Å². The molecule has 1 aromatic heterocycles. The van der Waals surface area contributed by atoms with Crippen molar-refractivity contribution in [2.45, 2.75) is 46.2 Å². The van der Waals surface area contributed by atoms with Crippen LogP contribution in [0.3, 0.4) is 0 Å². The minimum atomic E-state index is 0.0495. The van der Waals surface area contributed by atoms with Crippen LogP contribution in [0.5, 0.6) is 0 Å². The van der Waals surface area contributed by atoms with E-state index in [1.807, 2.05) is 12.3 Å². The Labute approximate surface area is 98.7 Å². The van der Waals surface area contributed by atoms with Gasteiger partial charge in [-0.25, -0.2) is 4.98 Å². The Morgan fingerprint density at radius 2 is 2.06 bits per heavy atom. The molecule has 0 saturated heterocycles. The van der Waals surface area contributed by atoms with Gasteiger partial charge in [-0.1, -0.05) is 13.0 Å². The van der Waals surface area contributed by atoms with E-state index < -0.39 is 0 Å². The zero-order valence-corrected chi connectivity index (χ0v) is 10.8. The van der Waals surface area contributed by atoms with Gasteiger partial charge in [0.05, 0.1) is 0 Å². The topological polar surface area (TPSA) is 37.0 Å². The molecule has 0 spiro atoms. The number of hydrogen-bond acceptors (Lipinski definition) is 3. The third-order valence-corrected chi connectivity index (χ3v) is 2.13. The van der Waals surface area contributed by atoms with Crippen LogP contribution in [0.2, 0.25) is 0 Å². The fourth-order valence-electron chi connectivity index (χ4n) is 1.45. The SMILES string of the molecule is CCCNCc1cccnc1NC(C)(C)C. The average Bonchev–Trinajstić information content (AvgIpc) is 2.19. The lowest BCUT2D eigenvalue weighted by Gasteiger charge is -2.23. The summed E-state index contributed by atoms with van der Waals surface area (Å²) in [5.41, 5.74) is 1.28. The smallest absolute Gasteiger partial charge is 0.130 e. The van der Waals surface area contributed by atoms with E-state index >= 15 is 0 Å². The van der Waals surface area contributed by atoms with E-state index in [1.165, 1.54) is 5.56 Å². The molecule has 3 heteroatoms. The molecule has 0 aromatic carbocycles. The van der Waals surface area contributed by atoms with E-state index in [1.54, 1.807) is 0 Å². The maximum absolute atomic E-state index is 4.39. The lowest BCUT2D eigenvalue weighted by atomic mass is 10.1. The van der Waals surface area contributed by atoms with Gasteiger partial charge >= 0.3 is 0 Å². The lowest BCUT2D eigenvalue weighted by molar-refractivity contribution is 0.623. The molecule has 0 amide bonds. The molecule has 0 aliphatic carbocycles. The number of rotatable bonds is 5. The normalized spacial score (nSPS) is 11.5. The molecule has 0 radical (unpaired) electrons. The molecule has 0 saturated carbocycles. The molecule has 90 valence electrons. The van der Waals surface area contributed by atoms with Crippen LogP contribution in [-0.2, 0) is 6.54 Å². The molecule has 0 atom stereocenters. The minimum Gasteiger partial charge on any atom is -0.365 e. The van der Waals surface area contributed by atoms with Gasteiger partial charge in [0, 0.05) is 23.8 Å². The summed E-state index contributed by atoms with van der Waals surface area (Å²) in [4.78, 5) is 4.39. The monoisotopic (exact) mass is 221 g/mol. The summed E-state index contributed by atoms with van der Waals surface area (Å²) in [6.45, 7) is 10.5. The predicted octanol–water partition coefficient (Wildman–Crippen LogP) is 2.79. The molecule has 16 heavy (non-hydrogen) atoms. The first-order valence-corrected chi connectivity index (χ1v) is 5.95. The number of nitrogens with one attached hydrogen (secondary N) is 2. The second-order valence-electron chi connectivity index (χ2n) is 5.06. The van der Waals surface area contributed by atoms with Gasteiger partial charge in [-0.3, -0.25) is 0 Å². The van der Waals surface area contributed by atoms with Gasteiger partial charge in [0.2, 0.25) is 0 Å². The Bertz CT molecular complexity index is 315. The highest BCUT2D eigenvalue weighted by Gasteiger charge is 2.12. The van der Waals surface area contributed by atoms with Gasteiger partial charge in [-0.05, 0) is 39.8 Å². The van der Waals surface area contributed by atoms with Crippen LogP contribution in [0, 0.1) is 0 Å². The molecular formula is C13H23N3. The van der Waals surface area contributed by atoms with E-state index in [9.17, 15) is 0 Å². The van der Waals surface area contributed by atoms with Crippen molar-refractivity contribution in [2.24, 2.45) is 0 Å². The number of aromatic nitrogens is 1. The van der Waals surface area contributed by atoms with Crippen molar-refractivity contribution in [3.05, 3.63) is 23.9 Å². The molecule has 1 aromatic rings. The molecule has 2 N–H and O–H groups in total. The van der Waals surface area contributed by atoms with Crippen molar-refractivity contribution in [2.75, 3.05) is 11.9 Å². The van der Waals surface area contributed by atoms with Crippen LogP contribution in [0.25, 0.3) is 0 Å². The number of nitrogens with zero attached hydrogens (tertiary/aromatic N) is 1. The van der Waals surface area contributed by atoms with Gasteiger partial charge in [0.1, 0.15) is 5.82 Å². The van der Waals surface area contributed by atoms with Gasteiger partial charge in [-0.15, -0.1) is 0 Å². The van der Waals surface area contributed by atoms with Gasteiger partial charge in [0.15, 0.2) is 0 Å². The van der Waals surface area contributed by atoms with Crippen LogP contribution in [0.4, 0.5) is 5.82 Å². The molecule has 1 rings (SSSR count). The van der Waals surface area contributed by atoms with E-state index in [0.717, 1.165) is 25.3 Å². The Morgan fingerprint density at radius 3 is 2.69 bits per heavy atom. The van der Waals surface area contributed by atoms with Crippen molar-refractivity contribution in [1.29, 1.82) is 0 Å². The van der Waals surface area contributed by atoms with Crippen LogP contribution >= 0.6 is 0 Å². The largest absolute Gasteiger partial charge is 0.365 e. The Hall–Kier alpha value is -1.09. The summed E-state index contributed by atoms with van der Waals surface area (Å²) in [6.07, 6.45) is 2.99. The van der Waals surface area contributed by atoms with E-state index in [0.29, 0.717) is 0 Å². The highest BCUT2D eigenvalue weighted by molar-refractivity contribution is 5.45. The fourth-order valence-corrected chi connectivity index (χ4v) is 1.45. The van der Waals surface area contributed by atoms with Crippen molar-refractivity contribution in [3.63, 3.8) is 0 Å². The molecule has 0 fully saturated rings. The standard InChI is InChI=1S/C13H23N3/c1-5-8-14-10-11-7-6-9-15-12(11)16-13(2,3)4/h6-7,9,14H,5,8,10H2,1-4H3,(H,15,16). The Kier molecular flexibility index (Phi) is 4.74. The number of hydrogen-bond donors (Lipinski definition) is 2. The van der Waals surface area contributed by atoms with Crippen molar-refractivity contribution in [1.82, 2.24) is 10.3 Å². The highest BCUT2D eigenvalue weighted by atomic mass is 15.0. The summed E-state index contributed by atoms with van der Waals surface area (Å²) >= 11 is 0. The van der Waals surface area contributed by atoms with Gasteiger partial charge in [-0.2, -0.15) is 0 Å². The number of anilines is 1. The second kappa shape index (κ2) is 5.85. The maximum atomic E-state index is 4.39. The summed E-state index contributed by atoms with van der Waals surface area (Å²) in [5, 5.41) is 6.82. The molecule has 0 bridgehead atoms. The highest BCUT2D eigenvalue weighted by Crippen LogP contribution is 2.16. The zero-order valence-electron chi connectivity index (χ0n) is 10.8. The Morgan fingerprint density at radius 1 is 1.31 bits per heavy atom. The summed E-state index contributed by atoms with van der Waals surface area (Å²) in [6, 6.07) is 4.10. The molecule has 3 nitrogen and oxygen atoms in total. The quantitative estimate of drug-likeness (QED) is 0.751. The molecular weight excluding hydrogens is 198 g/mol. The Balaban J connectivity index is 2.68. The van der Waals surface area contributed by atoms with Crippen LogP contribution in [0.15, 0.2) is 18.3 Å². The van der Waals surface area contributed by atoms with Crippen molar-refractivity contribution >= 4 is 5.82 Å². The van der Waals surface area contributed by atoms with Gasteiger partial charge < -0.3 is 10.6 Å². The zero-order chi connectivity index (χ0) is 12.0. The molecule has 0 aliphatic heterocycles. The summed E-state index contributed by atoms with van der Waals surface area (Å²) < 4.78 is 0. The minimum absolute atomic E-state index is 0.0495. The van der Waals surface area contributed by atoms with Crippen LogP contribution in [0.1, 0.15) is 39.7 Å². The van der Waals surface area contributed by atoms with Crippen molar-refractivity contribution < 1.29 is 0 Å². The van der Waals surface area contributed by atoms with Crippen LogP contribution < -0.4 is 10.6 Å². The fraction of sp³-hybridized carbons (Fsp3) is 0.615. The second-order valence-corrected chi connectivity index (χ2v) is 5.06. The maximum Gasteiger partial charge on any atom is 0.130 e.